The summed E-state index contributed by atoms with van der Waals surface area (Å²) in [6.07, 6.45) is 1.70. The van der Waals surface area contributed by atoms with Crippen LogP contribution < -0.4 is 5.32 Å². The zero-order valence-electron chi connectivity index (χ0n) is 10.2. The van der Waals surface area contributed by atoms with E-state index in [-0.39, 0.29) is 11.4 Å². The van der Waals surface area contributed by atoms with Crippen LogP contribution in [0.2, 0.25) is 0 Å². The van der Waals surface area contributed by atoms with Gasteiger partial charge in [0.25, 0.3) is 5.91 Å². The maximum atomic E-state index is 13.5. The SMILES string of the molecule is O=C(Nc1ccc(F)cc1F)c1cc2ccccn2n1. The van der Waals surface area contributed by atoms with Crippen molar-refractivity contribution < 1.29 is 13.6 Å². The predicted molar refractivity (Wildman–Crippen MR) is 69.5 cm³/mol. The van der Waals surface area contributed by atoms with E-state index in [2.05, 4.69) is 10.4 Å². The van der Waals surface area contributed by atoms with E-state index in [1.807, 2.05) is 6.07 Å². The van der Waals surface area contributed by atoms with Crippen LogP contribution in [-0.2, 0) is 0 Å². The van der Waals surface area contributed by atoms with Gasteiger partial charge in [-0.2, -0.15) is 5.10 Å². The normalized spacial score (nSPS) is 10.7. The average Bonchev–Trinajstić information content (AvgIpc) is 2.86. The van der Waals surface area contributed by atoms with E-state index in [9.17, 15) is 13.6 Å². The third-order valence-corrected chi connectivity index (χ3v) is 2.78. The van der Waals surface area contributed by atoms with Gasteiger partial charge in [-0.1, -0.05) is 6.07 Å². The smallest absolute Gasteiger partial charge is 0.276 e. The van der Waals surface area contributed by atoms with Crippen molar-refractivity contribution in [1.82, 2.24) is 9.61 Å². The average molecular weight is 273 g/mol. The van der Waals surface area contributed by atoms with Crippen molar-refractivity contribution in [2.45, 2.75) is 0 Å². The molecule has 3 rings (SSSR count). The van der Waals surface area contributed by atoms with Crippen LogP contribution in [-0.4, -0.2) is 15.5 Å². The van der Waals surface area contributed by atoms with Crippen LogP contribution in [0.1, 0.15) is 10.5 Å². The molecule has 1 aromatic carbocycles. The molecule has 0 fully saturated rings. The second-order valence-electron chi connectivity index (χ2n) is 4.18. The fourth-order valence-corrected chi connectivity index (χ4v) is 1.83. The van der Waals surface area contributed by atoms with E-state index in [0.29, 0.717) is 6.07 Å². The summed E-state index contributed by atoms with van der Waals surface area (Å²) in [6.45, 7) is 0. The number of pyridine rings is 1. The Hall–Kier alpha value is -2.76. The van der Waals surface area contributed by atoms with Crippen molar-refractivity contribution in [3.63, 3.8) is 0 Å². The number of aromatic nitrogens is 2. The Morgan fingerprint density at radius 3 is 2.75 bits per heavy atom. The van der Waals surface area contributed by atoms with E-state index in [4.69, 9.17) is 0 Å². The van der Waals surface area contributed by atoms with Gasteiger partial charge in [-0.05, 0) is 30.3 Å². The van der Waals surface area contributed by atoms with Gasteiger partial charge in [0.1, 0.15) is 11.6 Å². The number of hydrogen-bond acceptors (Lipinski definition) is 2. The topological polar surface area (TPSA) is 46.4 Å². The van der Waals surface area contributed by atoms with Crippen molar-refractivity contribution in [2.75, 3.05) is 5.32 Å². The Balaban J connectivity index is 1.89. The van der Waals surface area contributed by atoms with E-state index < -0.39 is 17.5 Å². The van der Waals surface area contributed by atoms with E-state index in [1.54, 1.807) is 24.4 Å². The highest BCUT2D eigenvalue weighted by Crippen LogP contribution is 2.16. The highest BCUT2D eigenvalue weighted by molar-refractivity contribution is 6.03. The summed E-state index contributed by atoms with van der Waals surface area (Å²) < 4.78 is 27.8. The first-order valence-electron chi connectivity index (χ1n) is 5.84. The molecule has 0 aliphatic carbocycles. The molecule has 1 amide bonds. The van der Waals surface area contributed by atoms with Gasteiger partial charge in [-0.25, -0.2) is 13.3 Å². The van der Waals surface area contributed by atoms with Gasteiger partial charge in [-0.3, -0.25) is 4.79 Å². The second-order valence-corrected chi connectivity index (χ2v) is 4.18. The lowest BCUT2D eigenvalue weighted by Crippen LogP contribution is -2.13. The van der Waals surface area contributed by atoms with Crippen molar-refractivity contribution in [3.05, 3.63) is 66.0 Å². The summed E-state index contributed by atoms with van der Waals surface area (Å²) in [5.41, 5.74) is 0.811. The first kappa shape index (κ1) is 12.3. The Labute approximate surface area is 112 Å². The largest absolute Gasteiger partial charge is 0.318 e. The standard InChI is InChI=1S/C14H9F2N3O/c15-9-4-5-12(11(16)7-9)17-14(20)13-8-10-3-1-2-6-19(10)18-13/h1-8H,(H,17,20). The number of anilines is 1. The molecule has 0 atom stereocenters. The number of benzene rings is 1. The number of carbonyl (C=O) groups excluding carboxylic acids is 1. The fourth-order valence-electron chi connectivity index (χ4n) is 1.83. The molecule has 0 bridgehead atoms. The van der Waals surface area contributed by atoms with Crippen LogP contribution in [0.3, 0.4) is 0 Å². The molecule has 0 unspecified atom stereocenters. The molecular formula is C14H9F2N3O. The highest BCUT2D eigenvalue weighted by atomic mass is 19.1. The Morgan fingerprint density at radius 2 is 2.00 bits per heavy atom. The molecule has 0 saturated carbocycles. The molecule has 0 aliphatic heterocycles. The Morgan fingerprint density at radius 1 is 1.15 bits per heavy atom. The van der Waals surface area contributed by atoms with Gasteiger partial charge in [-0.15, -0.1) is 0 Å². The van der Waals surface area contributed by atoms with Gasteiger partial charge in [0.2, 0.25) is 0 Å². The van der Waals surface area contributed by atoms with Gasteiger partial charge in [0.15, 0.2) is 5.69 Å². The van der Waals surface area contributed by atoms with Gasteiger partial charge < -0.3 is 5.32 Å². The first-order valence-corrected chi connectivity index (χ1v) is 5.84. The minimum absolute atomic E-state index is 0.0894. The monoisotopic (exact) mass is 273 g/mol. The van der Waals surface area contributed by atoms with E-state index in [1.165, 1.54) is 10.6 Å². The lowest BCUT2D eigenvalue weighted by molar-refractivity contribution is 0.102. The Kier molecular flexibility index (Phi) is 2.90. The molecule has 2 aromatic heterocycles. The van der Waals surface area contributed by atoms with Crippen LogP contribution in [0.4, 0.5) is 14.5 Å². The number of fused-ring (bicyclic) bond motifs is 1. The molecule has 3 aromatic rings. The summed E-state index contributed by atoms with van der Waals surface area (Å²) in [4.78, 5) is 12.0. The maximum absolute atomic E-state index is 13.5. The third-order valence-electron chi connectivity index (χ3n) is 2.78. The highest BCUT2D eigenvalue weighted by Gasteiger charge is 2.13. The summed E-state index contributed by atoms with van der Waals surface area (Å²) in [7, 11) is 0. The minimum atomic E-state index is -0.831. The molecule has 0 spiro atoms. The minimum Gasteiger partial charge on any atom is -0.318 e. The van der Waals surface area contributed by atoms with Crippen LogP contribution in [0, 0.1) is 11.6 Å². The van der Waals surface area contributed by atoms with Crippen molar-refractivity contribution >= 4 is 17.1 Å². The quantitative estimate of drug-likeness (QED) is 0.780. The molecule has 0 aliphatic rings. The van der Waals surface area contributed by atoms with E-state index >= 15 is 0 Å². The number of amides is 1. The summed E-state index contributed by atoms with van der Waals surface area (Å²) in [6, 6.07) is 9.92. The molecule has 6 heteroatoms. The summed E-state index contributed by atoms with van der Waals surface area (Å²) in [5, 5.41) is 6.42. The number of rotatable bonds is 2. The first-order chi connectivity index (χ1) is 9.63. The van der Waals surface area contributed by atoms with Crippen molar-refractivity contribution in [1.29, 1.82) is 0 Å². The predicted octanol–water partition coefficient (Wildman–Crippen LogP) is 2.86. The fraction of sp³-hybridized carbons (Fsp3) is 0. The van der Waals surface area contributed by atoms with Gasteiger partial charge in [0, 0.05) is 12.3 Å². The molecule has 100 valence electrons. The molecule has 0 saturated heterocycles. The number of hydrogen-bond donors (Lipinski definition) is 1. The molecule has 1 N–H and O–H groups in total. The van der Waals surface area contributed by atoms with Crippen molar-refractivity contribution in [2.24, 2.45) is 0 Å². The number of halogens is 2. The third kappa shape index (κ3) is 2.23. The molecular weight excluding hydrogens is 264 g/mol. The van der Waals surface area contributed by atoms with Crippen LogP contribution in [0.15, 0.2) is 48.7 Å². The van der Waals surface area contributed by atoms with Gasteiger partial charge >= 0.3 is 0 Å². The molecule has 2 heterocycles. The van der Waals surface area contributed by atoms with Crippen molar-refractivity contribution in [3.8, 4) is 0 Å². The molecule has 20 heavy (non-hydrogen) atoms. The molecule has 0 radical (unpaired) electrons. The van der Waals surface area contributed by atoms with Gasteiger partial charge in [0.05, 0.1) is 11.2 Å². The lowest BCUT2D eigenvalue weighted by atomic mass is 10.2. The number of nitrogens with zero attached hydrogens (tertiary/aromatic N) is 2. The van der Waals surface area contributed by atoms with E-state index in [0.717, 1.165) is 11.6 Å². The zero-order chi connectivity index (χ0) is 14.1. The van der Waals surface area contributed by atoms with Crippen LogP contribution >= 0.6 is 0 Å². The zero-order valence-corrected chi connectivity index (χ0v) is 10.2. The summed E-state index contributed by atoms with van der Waals surface area (Å²) >= 11 is 0. The Bertz CT molecular complexity index is 765. The molecule has 4 nitrogen and oxygen atoms in total. The van der Waals surface area contributed by atoms with Crippen LogP contribution in [0.25, 0.3) is 5.52 Å². The number of carbonyl (C=O) groups is 1. The second kappa shape index (κ2) is 4.73. The summed E-state index contributed by atoms with van der Waals surface area (Å²) in [5.74, 6) is -2.09. The number of nitrogens with one attached hydrogen (secondary N) is 1. The maximum Gasteiger partial charge on any atom is 0.276 e. The van der Waals surface area contributed by atoms with Crippen LogP contribution in [0.5, 0.6) is 0 Å². The lowest BCUT2D eigenvalue weighted by Gasteiger charge is -2.04.